The fourth-order valence-corrected chi connectivity index (χ4v) is 4.93. The van der Waals surface area contributed by atoms with E-state index in [4.69, 9.17) is 10.7 Å². The summed E-state index contributed by atoms with van der Waals surface area (Å²) in [4.78, 5) is 19.8. The molecule has 30 heavy (non-hydrogen) atoms. The van der Waals surface area contributed by atoms with E-state index in [0.29, 0.717) is 47.2 Å². The minimum Gasteiger partial charge on any atom is -0.369 e. The second-order valence-corrected chi connectivity index (χ2v) is 9.01. The number of aromatic nitrogens is 1. The maximum Gasteiger partial charge on any atom is 0.235 e. The van der Waals surface area contributed by atoms with Crippen LogP contribution < -0.4 is 15.8 Å². The molecule has 1 aliphatic carbocycles. The number of carbonyl (C=O) groups is 1. The molecule has 2 aromatic carbocycles. The van der Waals surface area contributed by atoms with Crippen molar-refractivity contribution in [2.24, 2.45) is 10.7 Å². The number of nitrogens with zero attached hydrogens (tertiary/aromatic N) is 2. The summed E-state index contributed by atoms with van der Waals surface area (Å²) < 4.78 is 28.1. The normalized spacial score (nSPS) is 14.9. The van der Waals surface area contributed by atoms with Gasteiger partial charge >= 0.3 is 0 Å². The highest BCUT2D eigenvalue weighted by Crippen LogP contribution is 2.37. The van der Waals surface area contributed by atoms with Crippen molar-refractivity contribution in [1.82, 2.24) is 10.3 Å². The van der Waals surface area contributed by atoms with E-state index in [1.807, 2.05) is 30.3 Å². The van der Waals surface area contributed by atoms with Crippen molar-refractivity contribution >= 4 is 44.7 Å². The van der Waals surface area contributed by atoms with Gasteiger partial charge in [-0.05, 0) is 31.0 Å². The molecule has 0 spiro atoms. The van der Waals surface area contributed by atoms with Gasteiger partial charge in [0.1, 0.15) is 0 Å². The number of sulfonamides is 1. The van der Waals surface area contributed by atoms with Crippen LogP contribution in [0.4, 0.5) is 11.4 Å². The van der Waals surface area contributed by atoms with Crippen LogP contribution in [0.2, 0.25) is 0 Å². The molecule has 4 N–H and O–H groups in total. The molecular formula is C21H21N5O3S. The Morgan fingerprint density at radius 3 is 2.57 bits per heavy atom. The second kappa shape index (κ2) is 8.11. The van der Waals surface area contributed by atoms with Gasteiger partial charge < -0.3 is 5.73 Å². The number of nitrogens with one attached hydrogen (secondary N) is 2. The number of guanidine groups is 1. The fraction of sp³-hybridized carbons (Fsp3) is 0.190. The van der Waals surface area contributed by atoms with Crippen molar-refractivity contribution in [2.75, 3.05) is 4.72 Å². The molecule has 0 bridgehead atoms. The Morgan fingerprint density at radius 2 is 1.90 bits per heavy atom. The molecule has 8 nitrogen and oxygen atoms in total. The van der Waals surface area contributed by atoms with E-state index >= 15 is 0 Å². The summed E-state index contributed by atoms with van der Waals surface area (Å²) in [5, 5.41) is 2.43. The van der Waals surface area contributed by atoms with Crippen molar-refractivity contribution in [3.63, 3.8) is 0 Å². The lowest BCUT2D eigenvalue weighted by Gasteiger charge is -2.26. The highest BCUT2D eigenvalue weighted by atomic mass is 32.2. The summed E-state index contributed by atoms with van der Waals surface area (Å²) in [6, 6.07) is 16.4. The lowest BCUT2D eigenvalue weighted by atomic mass is 10.0. The monoisotopic (exact) mass is 423 g/mol. The lowest BCUT2D eigenvalue weighted by Crippen LogP contribution is -2.33. The molecule has 0 aliphatic heterocycles. The van der Waals surface area contributed by atoms with Crippen LogP contribution in [-0.4, -0.2) is 31.0 Å². The van der Waals surface area contributed by atoms with Gasteiger partial charge in [-0.2, -0.15) is 0 Å². The zero-order valence-electron chi connectivity index (χ0n) is 16.1. The van der Waals surface area contributed by atoms with Crippen LogP contribution in [0.5, 0.6) is 0 Å². The summed E-state index contributed by atoms with van der Waals surface area (Å²) >= 11 is 0. The average Bonchev–Trinajstić information content (AvgIpc) is 2.66. The maximum atomic E-state index is 12.7. The van der Waals surface area contributed by atoms with Crippen molar-refractivity contribution in [3.8, 4) is 11.3 Å². The molecule has 0 saturated heterocycles. The van der Waals surface area contributed by atoms with Crippen LogP contribution in [-0.2, 0) is 14.8 Å². The molecule has 1 aromatic heterocycles. The summed E-state index contributed by atoms with van der Waals surface area (Å²) in [6.45, 7) is 0. The number of aliphatic imine (C=N–C) groups is 1. The molecular weight excluding hydrogens is 402 g/mol. The Kier molecular flexibility index (Phi) is 5.37. The SMILES string of the molecule is NC(=Nc1cc(-c2ccccc2)nc2cccc(NS(=O)(=O)C3CCC3)c12)NC=O. The number of carbonyl (C=O) groups excluding carboxylic acids is 1. The smallest absolute Gasteiger partial charge is 0.235 e. The molecule has 154 valence electrons. The Labute approximate surface area is 174 Å². The van der Waals surface area contributed by atoms with Gasteiger partial charge in [0.05, 0.1) is 33.2 Å². The highest BCUT2D eigenvalue weighted by molar-refractivity contribution is 7.93. The molecule has 1 saturated carbocycles. The van der Waals surface area contributed by atoms with E-state index in [1.165, 1.54) is 0 Å². The van der Waals surface area contributed by atoms with Gasteiger partial charge in [-0.1, -0.05) is 42.8 Å². The summed E-state index contributed by atoms with van der Waals surface area (Å²) in [7, 11) is -3.52. The average molecular weight is 423 g/mol. The van der Waals surface area contributed by atoms with E-state index in [-0.39, 0.29) is 5.96 Å². The third-order valence-electron chi connectivity index (χ3n) is 5.07. The Bertz CT molecular complexity index is 1220. The van der Waals surface area contributed by atoms with Crippen LogP contribution in [0.1, 0.15) is 19.3 Å². The Hall–Kier alpha value is -3.46. The molecule has 4 rings (SSSR count). The quantitative estimate of drug-likeness (QED) is 0.319. The van der Waals surface area contributed by atoms with E-state index in [1.54, 1.807) is 24.3 Å². The molecule has 1 fully saturated rings. The number of anilines is 1. The van der Waals surface area contributed by atoms with Crippen LogP contribution in [0.3, 0.4) is 0 Å². The molecule has 0 radical (unpaired) electrons. The third-order valence-corrected chi connectivity index (χ3v) is 6.93. The van der Waals surface area contributed by atoms with Crippen LogP contribution >= 0.6 is 0 Å². The summed E-state index contributed by atoms with van der Waals surface area (Å²) in [6.07, 6.45) is 2.64. The zero-order valence-corrected chi connectivity index (χ0v) is 16.9. The first-order valence-electron chi connectivity index (χ1n) is 9.53. The Morgan fingerprint density at radius 1 is 1.13 bits per heavy atom. The van der Waals surface area contributed by atoms with E-state index in [9.17, 15) is 13.2 Å². The number of fused-ring (bicyclic) bond motifs is 1. The van der Waals surface area contributed by atoms with Crippen LogP contribution in [0.25, 0.3) is 22.2 Å². The topological polar surface area (TPSA) is 127 Å². The highest BCUT2D eigenvalue weighted by Gasteiger charge is 2.31. The number of hydrogen-bond acceptors (Lipinski definition) is 5. The van der Waals surface area contributed by atoms with Gasteiger partial charge in [0.15, 0.2) is 5.96 Å². The molecule has 0 unspecified atom stereocenters. The number of pyridine rings is 1. The Balaban J connectivity index is 1.89. The first kappa shape index (κ1) is 19.8. The lowest BCUT2D eigenvalue weighted by molar-refractivity contribution is -0.108. The van der Waals surface area contributed by atoms with Crippen molar-refractivity contribution in [3.05, 3.63) is 54.6 Å². The maximum absolute atomic E-state index is 12.7. The van der Waals surface area contributed by atoms with E-state index in [0.717, 1.165) is 12.0 Å². The molecule has 1 aliphatic rings. The van der Waals surface area contributed by atoms with Gasteiger partial charge in [0.2, 0.25) is 16.4 Å². The van der Waals surface area contributed by atoms with Gasteiger partial charge in [-0.15, -0.1) is 0 Å². The number of hydrogen-bond donors (Lipinski definition) is 3. The molecule has 9 heteroatoms. The fourth-order valence-electron chi connectivity index (χ4n) is 3.34. The van der Waals surface area contributed by atoms with Gasteiger partial charge in [-0.25, -0.2) is 18.4 Å². The number of amides is 1. The molecule has 3 aromatic rings. The first-order chi connectivity index (χ1) is 14.5. The zero-order chi connectivity index (χ0) is 21.1. The van der Waals surface area contributed by atoms with E-state index < -0.39 is 15.3 Å². The largest absolute Gasteiger partial charge is 0.369 e. The molecule has 0 atom stereocenters. The molecule has 1 heterocycles. The van der Waals surface area contributed by atoms with Gasteiger partial charge in [0, 0.05) is 5.56 Å². The van der Waals surface area contributed by atoms with Gasteiger partial charge in [-0.3, -0.25) is 14.8 Å². The number of rotatable bonds is 6. The molecule has 1 amide bonds. The van der Waals surface area contributed by atoms with Crippen molar-refractivity contribution in [1.29, 1.82) is 0 Å². The standard InChI is InChI=1S/C21H21N5O3S/c22-21(23-13-27)25-19-12-18(14-6-2-1-3-7-14)24-16-10-5-11-17(20(16)19)26-30(28,29)15-8-4-9-15/h1-3,5-7,10-13,15,26H,4,8-9H2,(H3,22,23,24,25,27). The van der Waals surface area contributed by atoms with Crippen molar-refractivity contribution in [2.45, 2.75) is 24.5 Å². The first-order valence-corrected chi connectivity index (χ1v) is 11.1. The predicted molar refractivity (Wildman–Crippen MR) is 118 cm³/mol. The minimum absolute atomic E-state index is 0.104. The summed E-state index contributed by atoms with van der Waals surface area (Å²) in [5.41, 5.74) is 8.66. The number of benzene rings is 2. The van der Waals surface area contributed by atoms with Crippen molar-refractivity contribution < 1.29 is 13.2 Å². The third kappa shape index (κ3) is 3.97. The number of nitrogens with two attached hydrogens (primary N) is 1. The van der Waals surface area contributed by atoms with E-state index in [2.05, 4.69) is 15.0 Å². The predicted octanol–water partition coefficient (Wildman–Crippen LogP) is 2.89. The van der Waals surface area contributed by atoms with Gasteiger partial charge in [0.25, 0.3) is 0 Å². The second-order valence-electron chi connectivity index (χ2n) is 7.05. The minimum atomic E-state index is -3.52. The summed E-state index contributed by atoms with van der Waals surface area (Å²) in [5.74, 6) is -0.104. The van der Waals surface area contributed by atoms with Crippen LogP contribution in [0, 0.1) is 0 Å². The van der Waals surface area contributed by atoms with Crippen LogP contribution in [0.15, 0.2) is 59.6 Å².